The lowest BCUT2D eigenvalue weighted by molar-refractivity contribution is -0.119. The SMILES string of the molecule is CCOc1ccc(NC(=S)NC(=O)CCc2ccccc2Cl)cc1. The third-order valence-electron chi connectivity index (χ3n) is 3.26. The van der Waals surface area contributed by atoms with Crippen molar-refractivity contribution in [2.45, 2.75) is 19.8 Å². The van der Waals surface area contributed by atoms with Crippen molar-refractivity contribution >= 4 is 40.5 Å². The first-order chi connectivity index (χ1) is 11.6. The monoisotopic (exact) mass is 362 g/mol. The molecule has 0 aliphatic carbocycles. The molecule has 0 fully saturated rings. The lowest BCUT2D eigenvalue weighted by Gasteiger charge is -2.10. The average Bonchev–Trinajstić information content (AvgIpc) is 2.56. The van der Waals surface area contributed by atoms with Crippen molar-refractivity contribution in [2.75, 3.05) is 11.9 Å². The predicted octanol–water partition coefficient (Wildman–Crippen LogP) is 4.18. The number of rotatable bonds is 6. The van der Waals surface area contributed by atoms with Crippen molar-refractivity contribution in [3.8, 4) is 5.75 Å². The van der Waals surface area contributed by atoms with Crippen molar-refractivity contribution in [2.24, 2.45) is 0 Å². The van der Waals surface area contributed by atoms with E-state index < -0.39 is 0 Å². The van der Waals surface area contributed by atoms with E-state index in [9.17, 15) is 4.79 Å². The van der Waals surface area contributed by atoms with Crippen molar-refractivity contribution < 1.29 is 9.53 Å². The molecule has 24 heavy (non-hydrogen) atoms. The predicted molar refractivity (Wildman–Crippen MR) is 102 cm³/mol. The molecule has 0 aliphatic rings. The summed E-state index contributed by atoms with van der Waals surface area (Å²) in [5.41, 5.74) is 1.73. The Kier molecular flexibility index (Phi) is 7.03. The standard InChI is InChI=1S/C18H19ClN2O2S/c1-2-23-15-10-8-14(9-11-15)20-18(24)21-17(22)12-7-13-5-3-4-6-16(13)19/h3-6,8-11H,2,7,12H2,1H3,(H2,20,21,22,24). The number of carbonyl (C=O) groups is 1. The van der Waals surface area contributed by atoms with Gasteiger partial charge in [-0.25, -0.2) is 0 Å². The molecule has 0 saturated heterocycles. The number of hydrogen-bond acceptors (Lipinski definition) is 3. The van der Waals surface area contributed by atoms with Crippen molar-refractivity contribution in [1.29, 1.82) is 0 Å². The third kappa shape index (κ3) is 5.83. The number of hydrogen-bond donors (Lipinski definition) is 2. The lowest BCUT2D eigenvalue weighted by Crippen LogP contribution is -2.34. The maximum Gasteiger partial charge on any atom is 0.226 e. The van der Waals surface area contributed by atoms with Gasteiger partial charge in [0.25, 0.3) is 0 Å². The second-order valence-corrected chi connectivity index (χ2v) is 5.87. The summed E-state index contributed by atoms with van der Waals surface area (Å²) < 4.78 is 5.37. The molecular weight excluding hydrogens is 344 g/mol. The smallest absolute Gasteiger partial charge is 0.226 e. The molecule has 6 heteroatoms. The molecule has 0 unspecified atom stereocenters. The molecule has 0 saturated carbocycles. The van der Waals surface area contributed by atoms with Crippen LogP contribution in [-0.4, -0.2) is 17.6 Å². The number of ether oxygens (including phenoxy) is 1. The number of nitrogens with one attached hydrogen (secondary N) is 2. The lowest BCUT2D eigenvalue weighted by atomic mass is 10.1. The highest BCUT2D eigenvalue weighted by atomic mass is 35.5. The minimum Gasteiger partial charge on any atom is -0.494 e. The van der Waals surface area contributed by atoms with Crippen LogP contribution in [0.4, 0.5) is 5.69 Å². The van der Waals surface area contributed by atoms with Crippen LogP contribution in [0.15, 0.2) is 48.5 Å². The van der Waals surface area contributed by atoms with Crippen LogP contribution in [0.3, 0.4) is 0 Å². The van der Waals surface area contributed by atoms with Crippen LogP contribution in [0, 0.1) is 0 Å². The first-order valence-electron chi connectivity index (χ1n) is 7.65. The molecule has 2 N–H and O–H groups in total. The Morgan fingerprint density at radius 1 is 1.17 bits per heavy atom. The molecule has 0 bridgehead atoms. The topological polar surface area (TPSA) is 50.4 Å². The number of aryl methyl sites for hydroxylation is 1. The van der Waals surface area contributed by atoms with Crippen LogP contribution < -0.4 is 15.4 Å². The van der Waals surface area contributed by atoms with Gasteiger partial charge < -0.3 is 15.4 Å². The van der Waals surface area contributed by atoms with Gasteiger partial charge in [0.1, 0.15) is 5.75 Å². The number of carbonyl (C=O) groups excluding carboxylic acids is 1. The Morgan fingerprint density at radius 2 is 1.88 bits per heavy atom. The van der Waals surface area contributed by atoms with Crippen molar-refractivity contribution in [3.63, 3.8) is 0 Å². The number of anilines is 1. The fourth-order valence-corrected chi connectivity index (χ4v) is 2.56. The molecule has 126 valence electrons. The summed E-state index contributed by atoms with van der Waals surface area (Å²) in [4.78, 5) is 12.0. The van der Waals surface area contributed by atoms with E-state index in [1.807, 2.05) is 55.5 Å². The van der Waals surface area contributed by atoms with Crippen LogP contribution >= 0.6 is 23.8 Å². The van der Waals surface area contributed by atoms with Gasteiger partial charge in [-0.1, -0.05) is 29.8 Å². The Hall–Kier alpha value is -2.11. The number of thiocarbonyl (C=S) groups is 1. The van der Waals surface area contributed by atoms with E-state index in [4.69, 9.17) is 28.6 Å². The highest BCUT2D eigenvalue weighted by Gasteiger charge is 2.07. The Morgan fingerprint density at radius 3 is 2.54 bits per heavy atom. The van der Waals surface area contributed by atoms with Crippen LogP contribution in [0.5, 0.6) is 5.75 Å². The molecule has 2 rings (SSSR count). The highest BCUT2D eigenvalue weighted by molar-refractivity contribution is 7.80. The summed E-state index contributed by atoms with van der Waals surface area (Å²) in [5.74, 6) is 0.635. The van der Waals surface area contributed by atoms with Gasteiger partial charge in [0.15, 0.2) is 5.11 Å². The van der Waals surface area contributed by atoms with E-state index in [1.165, 1.54) is 0 Å². The molecule has 0 aliphatic heterocycles. The minimum atomic E-state index is -0.154. The molecular formula is C18H19ClN2O2S. The molecule has 2 aromatic carbocycles. The number of benzene rings is 2. The van der Waals surface area contributed by atoms with E-state index in [1.54, 1.807) is 0 Å². The van der Waals surface area contributed by atoms with Gasteiger partial charge in [0.05, 0.1) is 6.61 Å². The van der Waals surface area contributed by atoms with E-state index in [2.05, 4.69) is 10.6 Å². The normalized spacial score (nSPS) is 10.1. The molecule has 0 aromatic heterocycles. The quantitative estimate of drug-likeness (QED) is 0.757. The first kappa shape index (κ1) is 18.2. The van der Waals surface area contributed by atoms with E-state index in [-0.39, 0.29) is 11.0 Å². The summed E-state index contributed by atoms with van der Waals surface area (Å²) in [6.45, 7) is 2.55. The molecule has 0 radical (unpaired) electrons. The second-order valence-electron chi connectivity index (χ2n) is 5.05. The van der Waals surface area contributed by atoms with E-state index in [0.717, 1.165) is 17.0 Å². The zero-order valence-electron chi connectivity index (χ0n) is 13.3. The summed E-state index contributed by atoms with van der Waals surface area (Å²) in [5, 5.41) is 6.57. The van der Waals surface area contributed by atoms with Gasteiger partial charge in [0, 0.05) is 17.1 Å². The van der Waals surface area contributed by atoms with Gasteiger partial charge in [-0.15, -0.1) is 0 Å². The maximum absolute atomic E-state index is 12.0. The van der Waals surface area contributed by atoms with E-state index >= 15 is 0 Å². The molecule has 0 spiro atoms. The molecule has 0 atom stereocenters. The Labute approximate surface area is 152 Å². The van der Waals surface area contributed by atoms with Crippen LogP contribution in [0.1, 0.15) is 18.9 Å². The summed E-state index contributed by atoms with van der Waals surface area (Å²) >= 11 is 11.2. The zero-order chi connectivity index (χ0) is 17.4. The van der Waals surface area contributed by atoms with Gasteiger partial charge in [0.2, 0.25) is 5.91 Å². The van der Waals surface area contributed by atoms with Crippen molar-refractivity contribution in [3.05, 3.63) is 59.1 Å². The minimum absolute atomic E-state index is 0.154. The van der Waals surface area contributed by atoms with Gasteiger partial charge in [-0.3, -0.25) is 4.79 Å². The third-order valence-corrected chi connectivity index (χ3v) is 3.83. The number of halogens is 1. The van der Waals surface area contributed by atoms with Gasteiger partial charge in [-0.2, -0.15) is 0 Å². The van der Waals surface area contributed by atoms with Crippen LogP contribution in [-0.2, 0) is 11.2 Å². The summed E-state index contributed by atoms with van der Waals surface area (Å²) in [6.07, 6.45) is 0.881. The first-order valence-corrected chi connectivity index (χ1v) is 8.44. The van der Waals surface area contributed by atoms with Crippen molar-refractivity contribution in [1.82, 2.24) is 5.32 Å². The van der Waals surface area contributed by atoms with Gasteiger partial charge in [-0.05, 0) is 61.5 Å². The molecule has 4 nitrogen and oxygen atoms in total. The summed E-state index contributed by atoms with van der Waals surface area (Å²) in [7, 11) is 0. The Bertz CT molecular complexity index is 704. The summed E-state index contributed by atoms with van der Waals surface area (Å²) in [6, 6.07) is 14.8. The maximum atomic E-state index is 12.0. The molecule has 2 aromatic rings. The largest absolute Gasteiger partial charge is 0.494 e. The molecule has 1 amide bonds. The van der Waals surface area contributed by atoms with Crippen LogP contribution in [0.25, 0.3) is 0 Å². The molecule has 0 heterocycles. The highest BCUT2D eigenvalue weighted by Crippen LogP contribution is 2.17. The van der Waals surface area contributed by atoms with E-state index in [0.29, 0.717) is 24.5 Å². The fourth-order valence-electron chi connectivity index (χ4n) is 2.10. The zero-order valence-corrected chi connectivity index (χ0v) is 14.9. The fraction of sp³-hybridized carbons (Fsp3) is 0.222. The second kappa shape index (κ2) is 9.25. The average molecular weight is 363 g/mol. The van der Waals surface area contributed by atoms with Crippen LogP contribution in [0.2, 0.25) is 5.02 Å². The number of amides is 1. The Balaban J connectivity index is 1.79. The van der Waals surface area contributed by atoms with Gasteiger partial charge >= 0.3 is 0 Å².